The van der Waals surface area contributed by atoms with E-state index < -0.39 is 6.04 Å². The molecule has 0 unspecified atom stereocenters. The molecule has 0 bridgehead atoms. The van der Waals surface area contributed by atoms with Crippen LogP contribution in [0.2, 0.25) is 0 Å². The lowest BCUT2D eigenvalue weighted by atomic mass is 10.1. The van der Waals surface area contributed by atoms with Gasteiger partial charge in [0.1, 0.15) is 12.0 Å². The van der Waals surface area contributed by atoms with Gasteiger partial charge in [-0.15, -0.1) is 0 Å². The summed E-state index contributed by atoms with van der Waals surface area (Å²) < 4.78 is 5.91. The number of benzene rings is 1. The zero-order chi connectivity index (χ0) is 24.0. The van der Waals surface area contributed by atoms with Crippen molar-refractivity contribution in [2.75, 3.05) is 39.3 Å². The van der Waals surface area contributed by atoms with Crippen LogP contribution in [0.3, 0.4) is 0 Å². The summed E-state index contributed by atoms with van der Waals surface area (Å²) in [5.41, 5.74) is 8.51. The van der Waals surface area contributed by atoms with E-state index in [1.165, 1.54) is 5.56 Å². The molecule has 3 rings (SSSR count). The van der Waals surface area contributed by atoms with Crippen molar-refractivity contribution in [1.82, 2.24) is 14.8 Å². The monoisotopic (exact) mass is 466 g/mol. The Bertz CT molecular complexity index is 852. The van der Waals surface area contributed by atoms with Crippen LogP contribution in [0, 0.1) is 0 Å². The van der Waals surface area contributed by atoms with Crippen molar-refractivity contribution in [3.63, 3.8) is 0 Å². The van der Waals surface area contributed by atoms with Gasteiger partial charge in [-0.3, -0.25) is 14.7 Å². The number of rotatable bonds is 14. The molecule has 1 aromatic heterocycles. The van der Waals surface area contributed by atoms with Crippen molar-refractivity contribution in [2.24, 2.45) is 5.73 Å². The highest BCUT2D eigenvalue weighted by Crippen LogP contribution is 2.15. The molecule has 184 valence electrons. The molecule has 2 N–H and O–H groups in total. The minimum atomic E-state index is -0.504. The van der Waals surface area contributed by atoms with Crippen LogP contribution in [0.4, 0.5) is 0 Å². The van der Waals surface area contributed by atoms with E-state index in [-0.39, 0.29) is 5.91 Å². The normalized spacial score (nSPS) is 15.1. The van der Waals surface area contributed by atoms with Crippen molar-refractivity contribution in [1.29, 1.82) is 0 Å². The topological polar surface area (TPSA) is 88.8 Å². The quantitative estimate of drug-likeness (QED) is 0.340. The second kappa shape index (κ2) is 14.5. The summed E-state index contributed by atoms with van der Waals surface area (Å²) in [5, 5.41) is 0. The lowest BCUT2D eigenvalue weighted by Crippen LogP contribution is -2.53. The summed E-state index contributed by atoms with van der Waals surface area (Å²) in [5.74, 6) is 0.938. The van der Waals surface area contributed by atoms with Crippen LogP contribution in [-0.4, -0.2) is 72.3 Å². The molecule has 7 heteroatoms. The molecular formula is C27H38N4O3. The molecule has 34 heavy (non-hydrogen) atoms. The van der Waals surface area contributed by atoms with Crippen molar-refractivity contribution in [3.8, 4) is 5.75 Å². The molecule has 1 aliphatic heterocycles. The van der Waals surface area contributed by atoms with E-state index in [9.17, 15) is 9.59 Å². The van der Waals surface area contributed by atoms with Crippen LogP contribution >= 0.6 is 0 Å². The summed E-state index contributed by atoms with van der Waals surface area (Å²) >= 11 is 0. The molecule has 1 saturated heterocycles. The third-order valence-corrected chi connectivity index (χ3v) is 6.30. The molecule has 1 aliphatic rings. The Hall–Kier alpha value is -2.77. The van der Waals surface area contributed by atoms with Gasteiger partial charge in [0.25, 0.3) is 0 Å². The Morgan fingerprint density at radius 3 is 2.41 bits per heavy atom. The smallest absolute Gasteiger partial charge is 0.239 e. The van der Waals surface area contributed by atoms with Gasteiger partial charge in [-0.2, -0.15) is 0 Å². The predicted molar refractivity (Wildman–Crippen MR) is 134 cm³/mol. The van der Waals surface area contributed by atoms with Gasteiger partial charge in [-0.05, 0) is 67.5 Å². The highest BCUT2D eigenvalue weighted by atomic mass is 16.5. The van der Waals surface area contributed by atoms with E-state index in [4.69, 9.17) is 10.5 Å². The first kappa shape index (κ1) is 25.8. The highest BCUT2D eigenvalue weighted by Gasteiger charge is 2.25. The number of unbranched alkanes of at least 4 members (excludes halogenated alkanes) is 3. The number of aromatic nitrogens is 1. The molecule has 1 amide bonds. The van der Waals surface area contributed by atoms with Gasteiger partial charge in [0, 0.05) is 51.5 Å². The van der Waals surface area contributed by atoms with Crippen LogP contribution in [0.15, 0.2) is 48.8 Å². The lowest BCUT2D eigenvalue weighted by Gasteiger charge is -2.35. The second-order valence-corrected chi connectivity index (χ2v) is 8.94. The first-order chi connectivity index (χ1) is 16.7. The fourth-order valence-corrected chi connectivity index (χ4v) is 4.25. The van der Waals surface area contributed by atoms with Gasteiger partial charge in [-0.25, -0.2) is 0 Å². The number of aryl methyl sites for hydroxylation is 1. The number of aldehydes is 1. The van der Waals surface area contributed by atoms with Crippen LogP contribution in [0.5, 0.6) is 5.75 Å². The SMILES string of the molecule is N[C@H](Cc1ccncc1)C(=O)N1CCN(CCCOc2ccc(CCCCCC=O)cc2)CC1. The summed E-state index contributed by atoms with van der Waals surface area (Å²) in [7, 11) is 0. The summed E-state index contributed by atoms with van der Waals surface area (Å²) in [6.45, 7) is 4.83. The molecule has 7 nitrogen and oxygen atoms in total. The molecule has 0 radical (unpaired) electrons. The molecule has 0 aliphatic carbocycles. The minimum absolute atomic E-state index is 0.0317. The van der Waals surface area contributed by atoms with Gasteiger partial charge in [0.2, 0.25) is 5.91 Å². The third-order valence-electron chi connectivity index (χ3n) is 6.30. The molecule has 1 fully saturated rings. The van der Waals surface area contributed by atoms with E-state index in [1.54, 1.807) is 12.4 Å². The number of carbonyl (C=O) groups is 2. The molecule has 0 spiro atoms. The van der Waals surface area contributed by atoms with Gasteiger partial charge in [0.05, 0.1) is 12.6 Å². The molecule has 2 heterocycles. The highest BCUT2D eigenvalue weighted by molar-refractivity contribution is 5.82. The molecule has 1 aromatic carbocycles. The largest absolute Gasteiger partial charge is 0.494 e. The maximum atomic E-state index is 12.7. The second-order valence-electron chi connectivity index (χ2n) is 8.94. The van der Waals surface area contributed by atoms with Crippen LogP contribution in [0.1, 0.15) is 43.2 Å². The Labute approximate surface area is 203 Å². The average molecular weight is 467 g/mol. The maximum absolute atomic E-state index is 12.7. The Balaban J connectivity index is 1.27. The fraction of sp³-hybridized carbons (Fsp3) is 0.519. The third kappa shape index (κ3) is 8.88. The van der Waals surface area contributed by atoms with Crippen LogP contribution in [0.25, 0.3) is 0 Å². The van der Waals surface area contributed by atoms with Gasteiger partial charge < -0.3 is 20.2 Å². The molecular weight excluding hydrogens is 428 g/mol. The predicted octanol–water partition coefficient (Wildman–Crippen LogP) is 2.87. The number of carbonyl (C=O) groups excluding carboxylic acids is 2. The van der Waals surface area contributed by atoms with E-state index in [0.717, 1.165) is 82.4 Å². The number of pyridine rings is 1. The molecule has 0 saturated carbocycles. The number of nitrogens with zero attached hydrogens (tertiary/aromatic N) is 3. The summed E-state index contributed by atoms with van der Waals surface area (Å²) in [4.78, 5) is 31.3. The average Bonchev–Trinajstić information content (AvgIpc) is 2.88. The van der Waals surface area contributed by atoms with Crippen LogP contribution < -0.4 is 10.5 Å². The zero-order valence-corrected chi connectivity index (χ0v) is 20.1. The summed E-state index contributed by atoms with van der Waals surface area (Å²) in [6.07, 6.45) is 10.9. The minimum Gasteiger partial charge on any atom is -0.494 e. The number of hydrogen-bond donors (Lipinski definition) is 1. The zero-order valence-electron chi connectivity index (χ0n) is 20.1. The van der Waals surface area contributed by atoms with Crippen molar-refractivity contribution < 1.29 is 14.3 Å². The van der Waals surface area contributed by atoms with E-state index in [1.807, 2.05) is 29.2 Å². The van der Waals surface area contributed by atoms with Crippen molar-refractivity contribution >= 4 is 12.2 Å². The summed E-state index contributed by atoms with van der Waals surface area (Å²) in [6, 6.07) is 11.6. The van der Waals surface area contributed by atoms with Gasteiger partial charge >= 0.3 is 0 Å². The number of amides is 1. The van der Waals surface area contributed by atoms with Gasteiger partial charge in [0.15, 0.2) is 0 Å². The number of ether oxygens (including phenoxy) is 1. The fourth-order valence-electron chi connectivity index (χ4n) is 4.25. The lowest BCUT2D eigenvalue weighted by molar-refractivity contribution is -0.134. The number of nitrogens with two attached hydrogens (primary N) is 1. The first-order valence-electron chi connectivity index (χ1n) is 12.5. The molecule has 2 aromatic rings. The van der Waals surface area contributed by atoms with Gasteiger partial charge in [-0.1, -0.05) is 18.6 Å². The number of hydrogen-bond acceptors (Lipinski definition) is 6. The van der Waals surface area contributed by atoms with Crippen molar-refractivity contribution in [3.05, 3.63) is 59.9 Å². The van der Waals surface area contributed by atoms with Crippen LogP contribution in [-0.2, 0) is 22.4 Å². The number of piperazine rings is 1. The Kier molecular flexibility index (Phi) is 11.0. The Morgan fingerprint density at radius 2 is 1.71 bits per heavy atom. The maximum Gasteiger partial charge on any atom is 0.239 e. The van der Waals surface area contributed by atoms with E-state index in [0.29, 0.717) is 19.4 Å². The van der Waals surface area contributed by atoms with E-state index >= 15 is 0 Å². The Morgan fingerprint density at radius 1 is 0.971 bits per heavy atom. The first-order valence-corrected chi connectivity index (χ1v) is 12.5. The standard InChI is InChI=1S/C27H38N4O3/c28-26(22-24-11-13-29-14-12-24)27(33)31-18-16-30(17-19-31)15-5-21-34-25-9-7-23(8-10-25)6-3-1-2-4-20-32/h7-14,20,26H,1-6,15-19,21-22,28H2/t26-/m1/s1. The molecule has 1 atom stereocenters. The van der Waals surface area contributed by atoms with Crippen molar-refractivity contribution in [2.45, 2.75) is 51.0 Å². The van der Waals surface area contributed by atoms with E-state index in [2.05, 4.69) is 22.0 Å².